The lowest BCUT2D eigenvalue weighted by atomic mass is 9.97. The maximum atomic E-state index is 12.8. The number of sulfonamides is 1. The lowest BCUT2D eigenvalue weighted by Crippen LogP contribution is -2.54. The molecule has 6 nitrogen and oxygen atoms in total. The average Bonchev–Trinajstić information content (AvgIpc) is 2.62. The van der Waals surface area contributed by atoms with Gasteiger partial charge in [-0.15, -0.1) is 12.4 Å². The van der Waals surface area contributed by atoms with Crippen LogP contribution in [0, 0.1) is 5.92 Å². The Balaban J connectivity index is 0.00000243. The van der Waals surface area contributed by atoms with E-state index in [2.05, 4.69) is 12.2 Å². The number of hydrogen-bond acceptors (Lipinski definition) is 4. The smallest absolute Gasteiger partial charge is 0.227 e. The summed E-state index contributed by atoms with van der Waals surface area (Å²) in [6.45, 7) is 5.10. The number of amides is 1. The van der Waals surface area contributed by atoms with Crippen molar-refractivity contribution in [1.29, 1.82) is 0 Å². The zero-order valence-electron chi connectivity index (χ0n) is 15.1. The van der Waals surface area contributed by atoms with Crippen molar-refractivity contribution in [2.75, 3.05) is 32.7 Å². The summed E-state index contributed by atoms with van der Waals surface area (Å²) in [5, 5.41) is 3.33. The van der Waals surface area contributed by atoms with Gasteiger partial charge in [-0.2, -0.15) is 0 Å². The second-order valence-corrected chi connectivity index (χ2v) is 9.05. The molecule has 0 radical (unpaired) electrons. The molecule has 1 aromatic rings. The zero-order chi connectivity index (χ0) is 17.9. The van der Waals surface area contributed by atoms with Gasteiger partial charge < -0.3 is 10.2 Å². The van der Waals surface area contributed by atoms with Crippen LogP contribution in [0.25, 0.3) is 0 Å². The molecule has 2 saturated heterocycles. The molecule has 1 aromatic carbocycles. The molecule has 2 fully saturated rings. The van der Waals surface area contributed by atoms with Crippen molar-refractivity contribution in [2.45, 2.75) is 31.6 Å². The summed E-state index contributed by atoms with van der Waals surface area (Å²) in [7, 11) is -3.39. The van der Waals surface area contributed by atoms with E-state index < -0.39 is 10.0 Å². The minimum atomic E-state index is -3.39. The summed E-state index contributed by atoms with van der Waals surface area (Å²) in [5.41, 5.74) is 0.784. The Morgan fingerprint density at radius 2 is 1.92 bits per heavy atom. The number of halogens is 1. The molecule has 8 heteroatoms. The minimum Gasteiger partial charge on any atom is -0.340 e. The highest BCUT2D eigenvalue weighted by molar-refractivity contribution is 7.88. The topological polar surface area (TPSA) is 69.7 Å². The molecular weight excluding hydrogens is 374 g/mol. The van der Waals surface area contributed by atoms with Gasteiger partial charge in [-0.3, -0.25) is 4.79 Å². The molecule has 0 aromatic heterocycles. The van der Waals surface area contributed by atoms with E-state index in [0.717, 1.165) is 24.9 Å². The number of hydrogen-bond donors (Lipinski definition) is 1. The molecule has 146 valence electrons. The first-order valence-corrected chi connectivity index (χ1v) is 10.6. The van der Waals surface area contributed by atoms with E-state index in [4.69, 9.17) is 0 Å². The first-order valence-electron chi connectivity index (χ1n) is 8.99. The summed E-state index contributed by atoms with van der Waals surface area (Å²) in [4.78, 5) is 14.7. The second kappa shape index (κ2) is 9.17. The number of piperazine rings is 1. The average molecular weight is 402 g/mol. The summed E-state index contributed by atoms with van der Waals surface area (Å²) in [5.74, 6) is -0.114. The molecule has 26 heavy (non-hydrogen) atoms. The van der Waals surface area contributed by atoms with Crippen molar-refractivity contribution in [1.82, 2.24) is 14.5 Å². The molecule has 2 unspecified atom stereocenters. The fourth-order valence-corrected chi connectivity index (χ4v) is 5.27. The molecular formula is C18H28ClN3O3S. The fraction of sp³-hybridized carbons (Fsp3) is 0.611. The Kier molecular flexibility index (Phi) is 7.46. The van der Waals surface area contributed by atoms with Crippen LogP contribution in [0.1, 0.15) is 25.3 Å². The monoisotopic (exact) mass is 401 g/mol. The summed E-state index contributed by atoms with van der Waals surface area (Å²) < 4.78 is 27.0. The predicted octanol–water partition coefficient (Wildman–Crippen LogP) is 1.47. The fourth-order valence-electron chi connectivity index (χ4n) is 3.66. The van der Waals surface area contributed by atoms with E-state index in [9.17, 15) is 13.2 Å². The Labute approximate surface area is 162 Å². The molecule has 3 rings (SSSR count). The second-order valence-electron chi connectivity index (χ2n) is 7.08. The standard InChI is InChI=1S/C18H27N3O3S.ClH/c1-15-12-20(11-9-19-15)18(22)17-8-5-10-21(13-17)25(23,24)14-16-6-3-2-4-7-16;/h2-4,6-7,15,17,19H,5,8-14H2,1H3;1H. The largest absolute Gasteiger partial charge is 0.340 e. The van der Waals surface area contributed by atoms with Gasteiger partial charge in [0.25, 0.3) is 0 Å². The highest BCUT2D eigenvalue weighted by Gasteiger charge is 2.35. The molecule has 1 N–H and O–H groups in total. The van der Waals surface area contributed by atoms with E-state index in [1.165, 1.54) is 4.31 Å². The van der Waals surface area contributed by atoms with E-state index in [-0.39, 0.29) is 30.0 Å². The lowest BCUT2D eigenvalue weighted by molar-refractivity contribution is -0.137. The Hall–Kier alpha value is -1.15. The molecule has 2 atom stereocenters. The highest BCUT2D eigenvalue weighted by Crippen LogP contribution is 2.23. The van der Waals surface area contributed by atoms with E-state index in [1.807, 2.05) is 35.2 Å². The van der Waals surface area contributed by atoms with E-state index in [0.29, 0.717) is 32.2 Å². The van der Waals surface area contributed by atoms with Gasteiger partial charge in [0.15, 0.2) is 0 Å². The highest BCUT2D eigenvalue weighted by atomic mass is 35.5. The van der Waals surface area contributed by atoms with Gasteiger partial charge in [0.2, 0.25) is 15.9 Å². The first-order chi connectivity index (χ1) is 12.0. The molecule has 0 saturated carbocycles. The number of nitrogens with one attached hydrogen (secondary N) is 1. The first kappa shape index (κ1) is 21.2. The number of carbonyl (C=O) groups excluding carboxylic acids is 1. The van der Waals surface area contributed by atoms with Crippen LogP contribution < -0.4 is 5.32 Å². The number of benzene rings is 1. The third kappa shape index (κ3) is 5.19. The van der Waals surface area contributed by atoms with Crippen LogP contribution >= 0.6 is 12.4 Å². The Morgan fingerprint density at radius 1 is 1.19 bits per heavy atom. The third-order valence-electron chi connectivity index (χ3n) is 5.00. The van der Waals surface area contributed by atoms with Gasteiger partial charge in [0.1, 0.15) is 0 Å². The van der Waals surface area contributed by atoms with Gasteiger partial charge in [0, 0.05) is 38.8 Å². The number of piperidine rings is 1. The Morgan fingerprint density at radius 3 is 2.62 bits per heavy atom. The number of carbonyl (C=O) groups is 1. The lowest BCUT2D eigenvalue weighted by Gasteiger charge is -2.37. The van der Waals surface area contributed by atoms with Crippen LogP contribution in [0.3, 0.4) is 0 Å². The van der Waals surface area contributed by atoms with Crippen molar-refractivity contribution in [3.63, 3.8) is 0 Å². The molecule has 1 amide bonds. The van der Waals surface area contributed by atoms with Crippen molar-refractivity contribution in [3.05, 3.63) is 35.9 Å². The van der Waals surface area contributed by atoms with Crippen LogP contribution in [0.4, 0.5) is 0 Å². The zero-order valence-corrected chi connectivity index (χ0v) is 16.8. The molecule has 2 heterocycles. The van der Waals surface area contributed by atoms with Crippen molar-refractivity contribution in [3.8, 4) is 0 Å². The van der Waals surface area contributed by atoms with Crippen molar-refractivity contribution < 1.29 is 13.2 Å². The Bertz CT molecular complexity index is 699. The maximum absolute atomic E-state index is 12.8. The number of nitrogens with zero attached hydrogens (tertiary/aromatic N) is 2. The van der Waals surface area contributed by atoms with Gasteiger partial charge in [-0.1, -0.05) is 30.3 Å². The molecule has 0 aliphatic carbocycles. The van der Waals surface area contributed by atoms with Crippen LogP contribution in [-0.2, 0) is 20.6 Å². The van der Waals surface area contributed by atoms with E-state index in [1.54, 1.807) is 0 Å². The van der Waals surface area contributed by atoms with Crippen molar-refractivity contribution >= 4 is 28.3 Å². The quantitative estimate of drug-likeness (QED) is 0.829. The van der Waals surface area contributed by atoms with E-state index >= 15 is 0 Å². The van der Waals surface area contributed by atoms with Crippen molar-refractivity contribution in [2.24, 2.45) is 5.92 Å². The summed E-state index contributed by atoms with van der Waals surface area (Å²) in [6, 6.07) is 9.51. The molecule has 0 spiro atoms. The summed E-state index contributed by atoms with van der Waals surface area (Å²) >= 11 is 0. The predicted molar refractivity (Wildman–Crippen MR) is 105 cm³/mol. The molecule has 2 aliphatic heterocycles. The van der Waals surface area contributed by atoms with Crippen LogP contribution in [-0.4, -0.2) is 62.3 Å². The third-order valence-corrected chi connectivity index (χ3v) is 6.82. The van der Waals surface area contributed by atoms with Gasteiger partial charge >= 0.3 is 0 Å². The number of rotatable bonds is 4. The SMILES string of the molecule is CC1CN(C(=O)C2CCCN(S(=O)(=O)Cc3ccccc3)C2)CCN1.Cl. The van der Waals surface area contributed by atoms with Gasteiger partial charge in [-0.05, 0) is 25.3 Å². The van der Waals surface area contributed by atoms with Crippen LogP contribution in [0.15, 0.2) is 30.3 Å². The molecule has 2 aliphatic rings. The van der Waals surface area contributed by atoms with Gasteiger partial charge in [-0.25, -0.2) is 12.7 Å². The van der Waals surface area contributed by atoms with Gasteiger partial charge in [0.05, 0.1) is 11.7 Å². The maximum Gasteiger partial charge on any atom is 0.227 e. The van der Waals surface area contributed by atoms with Crippen LogP contribution in [0.5, 0.6) is 0 Å². The minimum absolute atomic E-state index is 0. The molecule has 0 bridgehead atoms. The van der Waals surface area contributed by atoms with Crippen LogP contribution in [0.2, 0.25) is 0 Å². The normalized spacial score (nSPS) is 24.7. The summed E-state index contributed by atoms with van der Waals surface area (Å²) in [6.07, 6.45) is 1.51.